The van der Waals surface area contributed by atoms with Gasteiger partial charge in [-0.05, 0) is 157 Å². The van der Waals surface area contributed by atoms with Gasteiger partial charge in [0.15, 0.2) is 0 Å². The van der Waals surface area contributed by atoms with Crippen LogP contribution in [0.1, 0.15) is 77.1 Å². The van der Waals surface area contributed by atoms with E-state index >= 15 is 0 Å². The normalized spacial score (nSPS) is 10.3. The monoisotopic (exact) mass is 850 g/mol. The van der Waals surface area contributed by atoms with E-state index < -0.39 is 0 Å². The third-order valence-corrected chi connectivity index (χ3v) is 10.2. The molecule has 7 aromatic rings. The average Bonchev–Trinajstić information content (AvgIpc) is 3.32. The van der Waals surface area contributed by atoms with Crippen molar-refractivity contribution < 1.29 is 0 Å². The van der Waals surface area contributed by atoms with Crippen molar-refractivity contribution in [3.63, 3.8) is 0 Å². The van der Waals surface area contributed by atoms with E-state index in [1.54, 1.807) is 12.3 Å². The molecule has 63 heavy (non-hydrogen) atoms. The number of nitrogens with one attached hydrogen (secondary N) is 1. The van der Waals surface area contributed by atoms with Crippen molar-refractivity contribution in [1.29, 1.82) is 5.41 Å². The van der Waals surface area contributed by atoms with Crippen LogP contribution in [0.5, 0.6) is 0 Å². The summed E-state index contributed by atoms with van der Waals surface area (Å²) in [5.74, 6) is 0. The largest absolute Gasteiger partial charge is 0.305 e. The van der Waals surface area contributed by atoms with Gasteiger partial charge in [-0.15, -0.1) is 0 Å². The van der Waals surface area contributed by atoms with Crippen LogP contribution in [0.15, 0.2) is 201 Å². The Hall–Kier alpha value is -6.22. The summed E-state index contributed by atoms with van der Waals surface area (Å²) in [7, 11) is 0. The molecule has 7 rings (SSSR count). The van der Waals surface area contributed by atoms with Gasteiger partial charge in [0, 0.05) is 12.1 Å². The molecule has 0 aliphatic heterocycles. The molecule has 0 aliphatic rings. The first-order valence-electron chi connectivity index (χ1n) is 21.9. The molecule has 0 radical (unpaired) electrons. The summed E-state index contributed by atoms with van der Waals surface area (Å²) in [5.41, 5.74) is 12.8. The first-order valence-corrected chi connectivity index (χ1v) is 22.8. The summed E-state index contributed by atoms with van der Waals surface area (Å²) < 4.78 is 0. The maximum atomic E-state index is 8.18. The van der Waals surface area contributed by atoms with Gasteiger partial charge in [-0.2, -0.15) is 12.6 Å². The molecule has 0 bridgehead atoms. The van der Waals surface area contributed by atoms with Gasteiger partial charge in [0.1, 0.15) is 0 Å². The molecule has 0 aliphatic carbocycles. The minimum atomic E-state index is 0.533. The van der Waals surface area contributed by atoms with E-state index in [9.17, 15) is 0 Å². The van der Waals surface area contributed by atoms with Crippen LogP contribution in [0.4, 0.5) is 0 Å². The van der Waals surface area contributed by atoms with Gasteiger partial charge in [0.05, 0.1) is 0 Å². The van der Waals surface area contributed by atoms with E-state index in [2.05, 4.69) is 200 Å². The Bertz CT molecular complexity index is 2580. The fraction of sp³-hybridized carbons (Fsp3) is 0.197. The number of rotatable bonds is 8. The lowest BCUT2D eigenvalue weighted by molar-refractivity contribution is 1.34. The second kappa shape index (κ2) is 29.1. The summed E-state index contributed by atoms with van der Waals surface area (Å²) >= 11 is 3.53. The zero-order valence-electron chi connectivity index (χ0n) is 39.9. The summed E-state index contributed by atoms with van der Waals surface area (Å²) in [6, 6.07) is 48.0. The van der Waals surface area contributed by atoms with Crippen LogP contribution in [-0.4, -0.2) is 12.0 Å². The minimum Gasteiger partial charge on any atom is -0.305 e. The molecule has 0 spiro atoms. The van der Waals surface area contributed by atoms with Crippen molar-refractivity contribution in [2.75, 3.05) is 6.26 Å². The van der Waals surface area contributed by atoms with Crippen LogP contribution in [0, 0.1) is 26.2 Å². The van der Waals surface area contributed by atoms with Crippen molar-refractivity contribution in [3.05, 3.63) is 223 Å². The number of hydrogen-bond acceptors (Lipinski definition) is 2. The van der Waals surface area contributed by atoms with Crippen molar-refractivity contribution in [1.82, 2.24) is 0 Å². The maximum absolute atomic E-state index is 8.18. The predicted octanol–water partition coefficient (Wildman–Crippen LogP) is 18.9. The molecule has 0 aromatic heterocycles. The first-order chi connectivity index (χ1) is 30.5. The third kappa shape index (κ3) is 16.2. The smallest absolute Gasteiger partial charge is 0.0351 e. The van der Waals surface area contributed by atoms with Crippen LogP contribution in [0.2, 0.25) is 0 Å². The number of allylic oxidation sites excluding steroid dienone is 10. The summed E-state index contributed by atoms with van der Waals surface area (Å²) in [4.78, 5) is 0. The van der Waals surface area contributed by atoms with Gasteiger partial charge in [-0.25, -0.2) is 0 Å². The summed E-state index contributed by atoms with van der Waals surface area (Å²) in [5, 5.41) is 15.5. The van der Waals surface area contributed by atoms with Gasteiger partial charge in [0.2, 0.25) is 0 Å². The van der Waals surface area contributed by atoms with Gasteiger partial charge in [-0.1, -0.05) is 202 Å². The highest BCUT2D eigenvalue weighted by molar-refractivity contribution is 7.79. The Kier molecular flexibility index (Phi) is 24.5. The standard InChI is InChI=1S/C41H33N.C8H10.C5H10.C4H8.C2H6.CH4S/c1-4-5-6-14-35(42)24-19-29(3)31-22-20-30-21-23-33(27-34(30)26-31)41-38-17-9-7-15-36(38)40(32-13-11-12-28(2)25-32)37-16-8-10-18-39(37)41;1-7-5-3-4-6-8(7)2;1-4-5(2)3;1-3-4-2;2*1-2/h4-13,15-27,42H,1,3,14H2,2H3;3-6H,1-2H3;4H,1-3H3;3-4H,1-2H3;1-2H3;2H,1H3/b6-5-,24-19-,42-35?;;;4-3-;;. The van der Waals surface area contributed by atoms with Crippen LogP contribution < -0.4 is 0 Å². The fourth-order valence-corrected chi connectivity index (χ4v) is 6.47. The number of aryl methyl sites for hydroxylation is 3. The molecule has 2 heteroatoms. The molecule has 0 heterocycles. The van der Waals surface area contributed by atoms with Crippen LogP contribution >= 0.6 is 12.6 Å². The van der Waals surface area contributed by atoms with Gasteiger partial charge in [0.25, 0.3) is 0 Å². The highest BCUT2D eigenvalue weighted by Crippen LogP contribution is 2.44. The zero-order chi connectivity index (χ0) is 46.7. The summed E-state index contributed by atoms with van der Waals surface area (Å²) in [6.07, 6.45) is 17.6. The van der Waals surface area contributed by atoms with E-state index in [1.165, 1.54) is 76.8 Å². The van der Waals surface area contributed by atoms with Gasteiger partial charge < -0.3 is 5.41 Å². The van der Waals surface area contributed by atoms with Crippen molar-refractivity contribution in [3.8, 4) is 22.3 Å². The molecule has 0 unspecified atom stereocenters. The quantitative estimate of drug-likeness (QED) is 0.0500. The Morgan fingerprint density at radius 1 is 0.587 bits per heavy atom. The lowest BCUT2D eigenvalue weighted by atomic mass is 9.85. The Morgan fingerprint density at radius 3 is 1.51 bits per heavy atom. The number of thiol groups is 1. The summed E-state index contributed by atoms with van der Waals surface area (Å²) in [6.45, 7) is 28.6. The molecule has 0 fully saturated rings. The van der Waals surface area contributed by atoms with Gasteiger partial charge >= 0.3 is 0 Å². The van der Waals surface area contributed by atoms with E-state index in [1.807, 2.05) is 71.1 Å². The second-order valence-electron chi connectivity index (χ2n) is 14.9. The van der Waals surface area contributed by atoms with E-state index in [0.717, 1.165) is 11.1 Å². The fourth-order valence-electron chi connectivity index (χ4n) is 6.47. The zero-order valence-corrected chi connectivity index (χ0v) is 40.8. The van der Waals surface area contributed by atoms with Crippen molar-refractivity contribution in [2.24, 2.45) is 0 Å². The average molecular weight is 850 g/mol. The van der Waals surface area contributed by atoms with E-state index in [4.69, 9.17) is 5.41 Å². The van der Waals surface area contributed by atoms with E-state index in [-0.39, 0.29) is 0 Å². The molecule has 1 nitrogen and oxygen atoms in total. The molecule has 1 N–H and O–H groups in total. The van der Waals surface area contributed by atoms with Gasteiger partial charge in [-0.3, -0.25) is 0 Å². The topological polar surface area (TPSA) is 23.9 Å². The molecule has 0 amide bonds. The Labute approximate surface area is 387 Å². The molecule has 326 valence electrons. The Morgan fingerprint density at radius 2 is 1.06 bits per heavy atom. The maximum Gasteiger partial charge on any atom is 0.0351 e. The molecular weight excluding hydrogens is 779 g/mol. The molecule has 0 saturated carbocycles. The molecular formula is C61H71NS. The van der Waals surface area contributed by atoms with Crippen molar-refractivity contribution >= 4 is 56.2 Å². The number of fused-ring (bicyclic) bond motifs is 3. The molecule has 0 saturated heterocycles. The second-order valence-corrected chi connectivity index (χ2v) is 14.9. The molecule has 0 atom stereocenters. The van der Waals surface area contributed by atoms with E-state index in [0.29, 0.717) is 12.1 Å². The highest BCUT2D eigenvalue weighted by Gasteiger charge is 2.16. The Balaban J connectivity index is 0.000000541. The predicted molar refractivity (Wildman–Crippen MR) is 292 cm³/mol. The van der Waals surface area contributed by atoms with Crippen LogP contribution in [0.25, 0.3) is 60.1 Å². The lowest BCUT2D eigenvalue weighted by Crippen LogP contribution is -1.91. The molecule has 7 aromatic carbocycles. The minimum absolute atomic E-state index is 0.533. The van der Waals surface area contributed by atoms with Crippen molar-refractivity contribution in [2.45, 2.75) is 75.7 Å². The first kappa shape index (κ1) is 52.9. The number of hydrogen-bond donors (Lipinski definition) is 2. The van der Waals surface area contributed by atoms with Crippen LogP contribution in [-0.2, 0) is 0 Å². The number of benzene rings is 7. The highest BCUT2D eigenvalue weighted by atomic mass is 32.1. The third-order valence-electron chi connectivity index (χ3n) is 10.2. The SMILES string of the molecule is C/C=C\C.C=C/C=C\CC(=N)/C=C\C(=C)c1ccc2ccc(-c3c4ccccc4c(-c4cccc(C)c4)c4ccccc34)cc2c1.CC.CC=C(C)C.CS.Cc1ccccc1C. The van der Waals surface area contributed by atoms with Crippen LogP contribution in [0.3, 0.4) is 0 Å². The lowest BCUT2D eigenvalue weighted by Gasteiger charge is -2.18.